The fraction of sp³-hybridized carbons (Fsp3) is 0.167. The number of rotatable bonds is 3. The molecule has 1 saturated heterocycles. The van der Waals surface area contributed by atoms with E-state index in [9.17, 15) is 4.79 Å². The van der Waals surface area contributed by atoms with Gasteiger partial charge < -0.3 is 9.64 Å². The highest BCUT2D eigenvalue weighted by Crippen LogP contribution is 2.42. The SMILES string of the molecule is COc1ccc(C2=C(N3CC3)c3ccccc3C2=O)cc1. The van der Waals surface area contributed by atoms with Crippen LogP contribution in [0, 0.1) is 0 Å². The lowest BCUT2D eigenvalue weighted by atomic mass is 10.0. The van der Waals surface area contributed by atoms with Crippen molar-refractivity contribution < 1.29 is 9.53 Å². The Morgan fingerprint density at radius 1 is 0.952 bits per heavy atom. The van der Waals surface area contributed by atoms with Crippen molar-refractivity contribution in [2.75, 3.05) is 20.2 Å². The van der Waals surface area contributed by atoms with Crippen molar-refractivity contribution in [3.63, 3.8) is 0 Å². The number of fused-ring (bicyclic) bond motifs is 1. The van der Waals surface area contributed by atoms with Gasteiger partial charge in [-0.3, -0.25) is 4.79 Å². The maximum Gasteiger partial charge on any atom is 0.196 e. The summed E-state index contributed by atoms with van der Waals surface area (Å²) in [7, 11) is 1.65. The number of ketones is 1. The first-order valence-electron chi connectivity index (χ1n) is 7.07. The van der Waals surface area contributed by atoms with Crippen LogP contribution in [0.5, 0.6) is 5.75 Å². The molecule has 0 bridgehead atoms. The highest BCUT2D eigenvalue weighted by Gasteiger charge is 2.36. The second-order valence-corrected chi connectivity index (χ2v) is 5.31. The Kier molecular flexibility index (Phi) is 2.61. The molecule has 3 heteroatoms. The molecule has 1 heterocycles. The molecule has 0 atom stereocenters. The van der Waals surface area contributed by atoms with Gasteiger partial charge >= 0.3 is 0 Å². The predicted octanol–water partition coefficient (Wildman–Crippen LogP) is 3.08. The van der Waals surface area contributed by atoms with Gasteiger partial charge in [-0.25, -0.2) is 0 Å². The van der Waals surface area contributed by atoms with Crippen LogP contribution in [0.3, 0.4) is 0 Å². The van der Waals surface area contributed by atoms with Crippen molar-refractivity contribution in [3.8, 4) is 5.75 Å². The van der Waals surface area contributed by atoms with Crippen LogP contribution < -0.4 is 4.74 Å². The molecule has 2 aliphatic rings. The van der Waals surface area contributed by atoms with Crippen LogP contribution in [-0.2, 0) is 0 Å². The van der Waals surface area contributed by atoms with Gasteiger partial charge in [0, 0.05) is 24.2 Å². The number of ether oxygens (including phenoxy) is 1. The molecule has 104 valence electrons. The average Bonchev–Trinajstić information content (AvgIpc) is 3.33. The van der Waals surface area contributed by atoms with Crippen molar-refractivity contribution >= 4 is 17.1 Å². The number of allylic oxidation sites excluding steroid dienone is 1. The van der Waals surface area contributed by atoms with Crippen molar-refractivity contribution in [1.29, 1.82) is 0 Å². The molecule has 0 saturated carbocycles. The summed E-state index contributed by atoms with van der Waals surface area (Å²) in [4.78, 5) is 15.0. The molecule has 2 aromatic carbocycles. The highest BCUT2D eigenvalue weighted by molar-refractivity contribution is 6.39. The minimum absolute atomic E-state index is 0.123. The zero-order valence-electron chi connectivity index (χ0n) is 11.8. The first-order valence-corrected chi connectivity index (χ1v) is 7.07. The van der Waals surface area contributed by atoms with Crippen LogP contribution in [0.15, 0.2) is 48.5 Å². The molecule has 4 rings (SSSR count). The number of carbonyl (C=O) groups is 1. The predicted molar refractivity (Wildman–Crippen MR) is 82.2 cm³/mol. The summed E-state index contributed by atoms with van der Waals surface area (Å²) in [5, 5.41) is 0. The molecular formula is C18H15NO2. The van der Waals surface area contributed by atoms with Gasteiger partial charge in [0.05, 0.1) is 18.4 Å². The Bertz CT molecular complexity index is 755. The lowest BCUT2D eigenvalue weighted by Crippen LogP contribution is -2.00. The fourth-order valence-corrected chi connectivity index (χ4v) is 2.89. The lowest BCUT2D eigenvalue weighted by Gasteiger charge is -2.09. The zero-order chi connectivity index (χ0) is 14.4. The summed E-state index contributed by atoms with van der Waals surface area (Å²) < 4.78 is 5.20. The lowest BCUT2D eigenvalue weighted by molar-refractivity contribution is 0.105. The second-order valence-electron chi connectivity index (χ2n) is 5.31. The molecule has 0 aromatic heterocycles. The van der Waals surface area contributed by atoms with E-state index in [0.717, 1.165) is 46.8 Å². The third kappa shape index (κ3) is 1.85. The van der Waals surface area contributed by atoms with Gasteiger partial charge in [0.15, 0.2) is 5.78 Å². The molecule has 3 nitrogen and oxygen atoms in total. The molecular weight excluding hydrogens is 262 g/mol. The van der Waals surface area contributed by atoms with Gasteiger partial charge in [0.25, 0.3) is 0 Å². The van der Waals surface area contributed by atoms with Crippen LogP contribution in [0.25, 0.3) is 11.3 Å². The Balaban J connectivity index is 1.89. The van der Waals surface area contributed by atoms with Crippen molar-refractivity contribution in [3.05, 3.63) is 65.2 Å². The Morgan fingerprint density at radius 3 is 2.24 bits per heavy atom. The second kappa shape index (κ2) is 4.48. The number of hydrogen-bond donors (Lipinski definition) is 0. The molecule has 21 heavy (non-hydrogen) atoms. The summed E-state index contributed by atoms with van der Waals surface area (Å²) in [6, 6.07) is 15.6. The van der Waals surface area contributed by atoms with Crippen LogP contribution in [0.1, 0.15) is 21.5 Å². The number of hydrogen-bond acceptors (Lipinski definition) is 3. The Morgan fingerprint density at radius 2 is 1.62 bits per heavy atom. The maximum absolute atomic E-state index is 12.8. The molecule has 1 aliphatic heterocycles. The summed E-state index contributed by atoms with van der Waals surface area (Å²) >= 11 is 0. The van der Waals surface area contributed by atoms with E-state index in [-0.39, 0.29) is 5.78 Å². The van der Waals surface area contributed by atoms with E-state index < -0.39 is 0 Å². The van der Waals surface area contributed by atoms with Crippen LogP contribution in [-0.4, -0.2) is 30.9 Å². The van der Waals surface area contributed by atoms with Crippen molar-refractivity contribution in [1.82, 2.24) is 4.90 Å². The van der Waals surface area contributed by atoms with E-state index in [2.05, 4.69) is 4.90 Å². The fourth-order valence-electron chi connectivity index (χ4n) is 2.89. The normalized spacial score (nSPS) is 16.2. The van der Waals surface area contributed by atoms with Crippen molar-refractivity contribution in [2.45, 2.75) is 0 Å². The van der Waals surface area contributed by atoms with Gasteiger partial charge in [0.1, 0.15) is 5.75 Å². The molecule has 0 amide bonds. The zero-order valence-corrected chi connectivity index (χ0v) is 11.8. The third-order valence-corrected chi connectivity index (χ3v) is 4.03. The quantitative estimate of drug-likeness (QED) is 0.807. The van der Waals surface area contributed by atoms with Gasteiger partial charge in [-0.2, -0.15) is 0 Å². The van der Waals surface area contributed by atoms with E-state index in [1.807, 2.05) is 48.5 Å². The number of benzene rings is 2. The monoisotopic (exact) mass is 277 g/mol. The summed E-state index contributed by atoms with van der Waals surface area (Å²) in [6.45, 7) is 2.05. The molecule has 0 unspecified atom stereocenters. The maximum atomic E-state index is 12.8. The van der Waals surface area contributed by atoms with E-state index in [0.29, 0.717) is 0 Å². The average molecular weight is 277 g/mol. The standard InChI is InChI=1S/C18H15NO2/c1-21-13-8-6-12(7-9-13)16-17(19-10-11-19)14-4-2-3-5-15(14)18(16)20/h2-9H,10-11H2,1H3. The first kappa shape index (κ1) is 12.2. The number of nitrogens with zero attached hydrogens (tertiary/aromatic N) is 1. The minimum Gasteiger partial charge on any atom is -0.497 e. The van der Waals surface area contributed by atoms with E-state index in [1.54, 1.807) is 7.11 Å². The minimum atomic E-state index is 0.123. The smallest absolute Gasteiger partial charge is 0.196 e. The molecule has 1 fully saturated rings. The van der Waals surface area contributed by atoms with Crippen LogP contribution in [0.2, 0.25) is 0 Å². The van der Waals surface area contributed by atoms with Crippen molar-refractivity contribution in [2.24, 2.45) is 0 Å². The molecule has 0 spiro atoms. The summed E-state index contributed by atoms with van der Waals surface area (Å²) in [6.07, 6.45) is 0. The van der Waals surface area contributed by atoms with E-state index >= 15 is 0 Å². The van der Waals surface area contributed by atoms with E-state index in [4.69, 9.17) is 4.74 Å². The number of methoxy groups -OCH3 is 1. The van der Waals surface area contributed by atoms with Gasteiger partial charge in [-0.1, -0.05) is 36.4 Å². The summed E-state index contributed by atoms with van der Waals surface area (Å²) in [5.41, 5.74) is 4.73. The van der Waals surface area contributed by atoms with Crippen LogP contribution >= 0.6 is 0 Å². The van der Waals surface area contributed by atoms with E-state index in [1.165, 1.54) is 0 Å². The Hall–Kier alpha value is -2.55. The molecule has 0 radical (unpaired) electrons. The molecule has 2 aromatic rings. The molecule has 0 N–H and O–H groups in total. The number of Topliss-reactive ketones (excluding diaryl/α,β-unsaturated/α-hetero) is 1. The first-order chi connectivity index (χ1) is 10.3. The highest BCUT2D eigenvalue weighted by atomic mass is 16.5. The van der Waals surface area contributed by atoms with Gasteiger partial charge in [0.2, 0.25) is 0 Å². The van der Waals surface area contributed by atoms with Gasteiger partial charge in [-0.05, 0) is 17.7 Å². The van der Waals surface area contributed by atoms with Gasteiger partial charge in [-0.15, -0.1) is 0 Å². The Labute approximate surface area is 123 Å². The molecule has 1 aliphatic carbocycles. The summed E-state index contributed by atoms with van der Waals surface area (Å²) in [5.74, 6) is 0.924. The third-order valence-electron chi connectivity index (χ3n) is 4.03. The number of carbonyl (C=O) groups excluding carboxylic acids is 1. The topological polar surface area (TPSA) is 29.3 Å². The largest absolute Gasteiger partial charge is 0.497 e. The van der Waals surface area contributed by atoms with Crippen LogP contribution in [0.4, 0.5) is 0 Å².